The zero-order chi connectivity index (χ0) is 16.0. The summed E-state index contributed by atoms with van der Waals surface area (Å²) < 4.78 is 25.7. The fourth-order valence-corrected chi connectivity index (χ4v) is 4.24. The minimum Gasteiger partial charge on any atom is -0.388 e. The van der Waals surface area contributed by atoms with Crippen molar-refractivity contribution in [2.75, 3.05) is 20.1 Å². The Morgan fingerprint density at radius 1 is 1.32 bits per heavy atom. The average Bonchev–Trinajstić information content (AvgIpc) is 3.29. The van der Waals surface area contributed by atoms with Gasteiger partial charge in [-0.2, -0.15) is 0 Å². The number of nitrogens with zero attached hydrogens (tertiary/aromatic N) is 1. The summed E-state index contributed by atoms with van der Waals surface area (Å²) in [6.45, 7) is 4.49. The van der Waals surface area contributed by atoms with Crippen molar-refractivity contribution in [1.29, 1.82) is 0 Å². The van der Waals surface area contributed by atoms with Crippen LogP contribution in [0.15, 0.2) is 29.2 Å². The Balaban J connectivity index is 1.67. The summed E-state index contributed by atoms with van der Waals surface area (Å²) >= 11 is 0. The van der Waals surface area contributed by atoms with Crippen LogP contribution in [0.25, 0.3) is 0 Å². The normalized spacial score (nSPS) is 29.9. The fraction of sp³-hybridized carbons (Fsp3) is 0.625. The van der Waals surface area contributed by atoms with Gasteiger partial charge in [-0.05, 0) is 49.4 Å². The zero-order valence-electron chi connectivity index (χ0n) is 13.1. The van der Waals surface area contributed by atoms with Crippen LogP contribution in [0.1, 0.15) is 25.3 Å². The minimum atomic E-state index is -3.38. The molecule has 2 N–H and O–H groups in total. The van der Waals surface area contributed by atoms with Crippen LogP contribution in [0.2, 0.25) is 0 Å². The van der Waals surface area contributed by atoms with Crippen LogP contribution in [0.5, 0.6) is 0 Å². The molecule has 122 valence electrons. The highest BCUT2D eigenvalue weighted by Gasteiger charge is 2.52. The molecule has 1 aliphatic carbocycles. The maximum Gasteiger partial charge on any atom is 0.240 e. The third kappa shape index (κ3) is 2.93. The highest BCUT2D eigenvalue weighted by atomic mass is 32.2. The van der Waals surface area contributed by atoms with E-state index in [4.69, 9.17) is 0 Å². The van der Waals surface area contributed by atoms with Crippen molar-refractivity contribution in [3.05, 3.63) is 29.8 Å². The highest BCUT2D eigenvalue weighted by molar-refractivity contribution is 7.89. The molecule has 1 aromatic rings. The fourth-order valence-electron chi connectivity index (χ4n) is 3.51. The van der Waals surface area contributed by atoms with E-state index in [1.165, 1.54) is 7.05 Å². The van der Waals surface area contributed by atoms with Gasteiger partial charge in [-0.25, -0.2) is 13.1 Å². The highest BCUT2D eigenvalue weighted by Crippen LogP contribution is 2.47. The Kier molecular flexibility index (Phi) is 4.05. The van der Waals surface area contributed by atoms with Gasteiger partial charge >= 0.3 is 0 Å². The molecule has 1 saturated carbocycles. The Morgan fingerprint density at radius 3 is 2.50 bits per heavy atom. The molecule has 22 heavy (non-hydrogen) atoms. The Morgan fingerprint density at radius 2 is 1.95 bits per heavy atom. The molecule has 2 atom stereocenters. The molecule has 0 spiro atoms. The first-order valence-electron chi connectivity index (χ1n) is 7.82. The van der Waals surface area contributed by atoms with Crippen LogP contribution >= 0.6 is 0 Å². The molecule has 0 bridgehead atoms. The standard InChI is InChI=1S/C16H24N2O3S/c1-12-9-18(11-16(12,19)14-5-6-14)10-13-3-7-15(8-4-13)22(20,21)17-2/h3-4,7-8,12,14,17,19H,5-6,9-11H2,1-2H3/t12-,16+/m1/s1. The van der Waals surface area contributed by atoms with Crippen LogP contribution in [-0.2, 0) is 16.6 Å². The SMILES string of the molecule is CNS(=O)(=O)c1ccc(CN2C[C@@H](C)[C@](O)(C3CC3)C2)cc1. The second-order valence-corrected chi connectivity index (χ2v) is 8.57. The molecule has 1 aliphatic heterocycles. The topological polar surface area (TPSA) is 69.6 Å². The largest absolute Gasteiger partial charge is 0.388 e. The molecular formula is C16H24N2O3S. The number of hydrogen-bond acceptors (Lipinski definition) is 4. The minimum absolute atomic E-state index is 0.281. The molecule has 5 nitrogen and oxygen atoms in total. The summed E-state index contributed by atoms with van der Waals surface area (Å²) in [5, 5.41) is 10.8. The summed E-state index contributed by atoms with van der Waals surface area (Å²) in [6, 6.07) is 6.97. The Labute approximate surface area is 132 Å². The second-order valence-electron chi connectivity index (χ2n) is 6.69. The van der Waals surface area contributed by atoms with Crippen molar-refractivity contribution in [2.45, 2.75) is 36.8 Å². The number of likely N-dealkylation sites (tertiary alicyclic amines) is 1. The maximum absolute atomic E-state index is 11.7. The van der Waals surface area contributed by atoms with Gasteiger partial charge in [0, 0.05) is 19.6 Å². The number of β-amino-alcohol motifs (C(OH)–C–C–N with tert-alkyl or cyclic N) is 1. The summed E-state index contributed by atoms with van der Waals surface area (Å²) in [5.74, 6) is 0.764. The number of nitrogens with one attached hydrogen (secondary N) is 1. The molecule has 6 heteroatoms. The van der Waals surface area contributed by atoms with E-state index < -0.39 is 15.6 Å². The van der Waals surface area contributed by atoms with E-state index in [2.05, 4.69) is 16.5 Å². The quantitative estimate of drug-likeness (QED) is 0.853. The average molecular weight is 324 g/mol. The van der Waals surface area contributed by atoms with E-state index in [0.717, 1.165) is 38.0 Å². The van der Waals surface area contributed by atoms with Gasteiger partial charge in [0.15, 0.2) is 0 Å². The monoisotopic (exact) mass is 324 g/mol. The Bertz CT molecular complexity index is 640. The van der Waals surface area contributed by atoms with Crippen LogP contribution < -0.4 is 4.72 Å². The third-order valence-corrected chi connectivity index (χ3v) is 6.49. The van der Waals surface area contributed by atoms with Gasteiger partial charge in [0.1, 0.15) is 0 Å². The molecular weight excluding hydrogens is 300 g/mol. The van der Waals surface area contributed by atoms with Gasteiger partial charge in [0.2, 0.25) is 10.0 Å². The van der Waals surface area contributed by atoms with Gasteiger partial charge in [0.05, 0.1) is 10.5 Å². The lowest BCUT2D eigenvalue weighted by Crippen LogP contribution is -2.39. The van der Waals surface area contributed by atoms with Gasteiger partial charge in [-0.1, -0.05) is 19.1 Å². The maximum atomic E-state index is 11.7. The van der Waals surface area contributed by atoms with Crippen LogP contribution in [-0.4, -0.2) is 44.2 Å². The van der Waals surface area contributed by atoms with Gasteiger partial charge in [-0.3, -0.25) is 4.90 Å². The molecule has 2 aliphatic rings. The lowest BCUT2D eigenvalue weighted by molar-refractivity contribution is -0.00443. The summed E-state index contributed by atoms with van der Waals surface area (Å²) in [6.07, 6.45) is 2.29. The molecule has 0 radical (unpaired) electrons. The van der Waals surface area contributed by atoms with Crippen LogP contribution in [0, 0.1) is 11.8 Å². The summed E-state index contributed by atoms with van der Waals surface area (Å²) in [4.78, 5) is 2.55. The molecule has 1 saturated heterocycles. The molecule has 0 aromatic heterocycles. The van der Waals surface area contributed by atoms with Crippen molar-refractivity contribution >= 4 is 10.0 Å². The van der Waals surface area contributed by atoms with Crippen molar-refractivity contribution < 1.29 is 13.5 Å². The summed E-state index contributed by atoms with van der Waals surface area (Å²) in [7, 11) is -1.97. The first-order chi connectivity index (χ1) is 10.3. The number of aliphatic hydroxyl groups is 1. The second kappa shape index (κ2) is 5.60. The van der Waals surface area contributed by atoms with Crippen molar-refractivity contribution in [3.8, 4) is 0 Å². The first kappa shape index (κ1) is 15.9. The molecule has 2 fully saturated rings. The first-order valence-corrected chi connectivity index (χ1v) is 9.30. The number of hydrogen-bond donors (Lipinski definition) is 2. The van der Waals surface area contributed by atoms with E-state index in [0.29, 0.717) is 11.8 Å². The van der Waals surface area contributed by atoms with E-state index in [9.17, 15) is 13.5 Å². The van der Waals surface area contributed by atoms with Gasteiger partial charge in [-0.15, -0.1) is 0 Å². The zero-order valence-corrected chi connectivity index (χ0v) is 13.9. The van der Waals surface area contributed by atoms with Crippen LogP contribution in [0.3, 0.4) is 0 Å². The van der Waals surface area contributed by atoms with E-state index in [1.807, 2.05) is 12.1 Å². The summed E-state index contributed by atoms with van der Waals surface area (Å²) in [5.41, 5.74) is 0.539. The molecule has 0 amide bonds. The van der Waals surface area contributed by atoms with Crippen LogP contribution in [0.4, 0.5) is 0 Å². The van der Waals surface area contributed by atoms with Crippen molar-refractivity contribution in [3.63, 3.8) is 0 Å². The van der Waals surface area contributed by atoms with Crippen molar-refractivity contribution in [2.24, 2.45) is 11.8 Å². The predicted octanol–water partition coefficient (Wildman–Crippen LogP) is 1.19. The molecule has 3 rings (SSSR count). The van der Waals surface area contributed by atoms with E-state index in [-0.39, 0.29) is 4.90 Å². The van der Waals surface area contributed by atoms with E-state index in [1.54, 1.807) is 12.1 Å². The number of benzene rings is 1. The smallest absolute Gasteiger partial charge is 0.240 e. The predicted molar refractivity (Wildman–Crippen MR) is 84.8 cm³/mol. The van der Waals surface area contributed by atoms with Crippen molar-refractivity contribution in [1.82, 2.24) is 9.62 Å². The molecule has 1 aromatic carbocycles. The molecule has 0 unspecified atom stereocenters. The number of sulfonamides is 1. The molecule has 1 heterocycles. The lowest BCUT2D eigenvalue weighted by Gasteiger charge is -2.26. The van der Waals surface area contributed by atoms with Gasteiger partial charge in [0.25, 0.3) is 0 Å². The number of rotatable bonds is 5. The Hall–Kier alpha value is -0.950. The van der Waals surface area contributed by atoms with Gasteiger partial charge < -0.3 is 5.11 Å². The third-order valence-electron chi connectivity index (χ3n) is 5.06. The lowest BCUT2D eigenvalue weighted by atomic mass is 9.88. The van der Waals surface area contributed by atoms with E-state index >= 15 is 0 Å².